The summed E-state index contributed by atoms with van der Waals surface area (Å²) in [7, 11) is 0. The van der Waals surface area contributed by atoms with Crippen LogP contribution in [-0.4, -0.2) is 15.3 Å². The van der Waals surface area contributed by atoms with Gasteiger partial charge in [-0.2, -0.15) is 0 Å². The number of nitrogens with zero attached hydrogens (tertiary/aromatic N) is 2. The molecule has 0 atom stereocenters. The zero-order valence-corrected chi connectivity index (χ0v) is 19.5. The van der Waals surface area contributed by atoms with Gasteiger partial charge in [0.15, 0.2) is 0 Å². The van der Waals surface area contributed by atoms with E-state index in [1.807, 2.05) is 24.3 Å². The predicted octanol–water partition coefficient (Wildman–Crippen LogP) is 3.75. The van der Waals surface area contributed by atoms with E-state index in [9.17, 15) is 9.50 Å². The number of H-pyrrole nitrogens is 1. The minimum absolute atomic E-state index is 0.364. The maximum absolute atomic E-state index is 13.7. The third-order valence-corrected chi connectivity index (χ3v) is 9.13. The van der Waals surface area contributed by atoms with Gasteiger partial charge in [-0.25, -0.2) is 0 Å². The van der Waals surface area contributed by atoms with E-state index in [2.05, 4.69) is 19.4 Å². The number of rotatable bonds is 5. The molecule has 0 spiro atoms. The molecule has 1 aliphatic rings. The van der Waals surface area contributed by atoms with Crippen LogP contribution in [0, 0.1) is 9.39 Å². The molecule has 2 N–H and O–H groups in total. The van der Waals surface area contributed by atoms with Crippen molar-refractivity contribution in [2.24, 2.45) is 0 Å². The fraction of sp³-hybridized carbons (Fsp3) is 0.348. The summed E-state index contributed by atoms with van der Waals surface area (Å²) in [6.45, 7) is 0. The van der Waals surface area contributed by atoms with Gasteiger partial charge in [-0.1, -0.05) is 0 Å². The fourth-order valence-electron chi connectivity index (χ4n) is 3.85. The van der Waals surface area contributed by atoms with E-state index in [4.69, 9.17) is 11.6 Å². The number of hydrogen-bond donors (Lipinski definition) is 2. The molecule has 1 heterocycles. The maximum atomic E-state index is 13.7. The molecule has 30 heavy (non-hydrogen) atoms. The van der Waals surface area contributed by atoms with E-state index >= 15 is 0 Å². The molecule has 3 aromatic rings. The number of phenols is 1. The van der Waals surface area contributed by atoms with Crippen LogP contribution in [0.25, 0.3) is 0 Å². The van der Waals surface area contributed by atoms with Crippen LogP contribution in [0.5, 0.6) is 5.75 Å². The standard InChI is InChI=1S/C23H25ClFIN3O/c24-18-10-6-7-11-20(18)26-29(17-12-13-19(25)22(30)14-17)23-15-21(27-28-23)16-8-4-2-1-3-5-9-16/h6-7,10-16,30H,1-5,8-9H2,(H,27,28)/q-1. The van der Waals surface area contributed by atoms with Crippen LogP contribution in [0.4, 0.5) is 15.9 Å². The molecule has 1 aliphatic carbocycles. The number of phenolic OH excluding ortho intramolecular Hbond substituents is 1. The van der Waals surface area contributed by atoms with Gasteiger partial charge in [0.25, 0.3) is 0 Å². The first-order valence-corrected chi connectivity index (χ1v) is 12.8. The van der Waals surface area contributed by atoms with Gasteiger partial charge in [0.2, 0.25) is 0 Å². The average Bonchev–Trinajstić information content (AvgIpc) is 3.19. The quantitative estimate of drug-likeness (QED) is 0.383. The first kappa shape index (κ1) is 21.4. The van der Waals surface area contributed by atoms with Crippen LogP contribution in [0.1, 0.15) is 56.6 Å². The molecule has 0 bridgehead atoms. The number of halogens is 3. The van der Waals surface area contributed by atoms with Crippen LogP contribution >= 0.6 is 11.6 Å². The van der Waals surface area contributed by atoms with Gasteiger partial charge >= 0.3 is 193 Å². The second-order valence-corrected chi connectivity index (χ2v) is 10.7. The van der Waals surface area contributed by atoms with Crippen LogP contribution < -0.4 is 24.6 Å². The second kappa shape index (κ2) is 10.0. The summed E-state index contributed by atoms with van der Waals surface area (Å²) in [5.74, 6) is 0.280. The molecule has 0 aliphatic heterocycles. The Morgan fingerprint density at radius 3 is 2.50 bits per heavy atom. The summed E-state index contributed by atoms with van der Waals surface area (Å²) in [5.41, 5.74) is 1.86. The second-order valence-electron chi connectivity index (χ2n) is 7.64. The van der Waals surface area contributed by atoms with E-state index in [0.717, 1.165) is 15.1 Å². The van der Waals surface area contributed by atoms with Crippen molar-refractivity contribution >= 4 is 23.1 Å². The van der Waals surface area contributed by atoms with E-state index < -0.39 is 27.3 Å². The molecule has 0 amide bonds. The van der Waals surface area contributed by atoms with Crippen LogP contribution in [0.2, 0.25) is 5.02 Å². The zero-order chi connectivity index (χ0) is 20.9. The van der Waals surface area contributed by atoms with Crippen LogP contribution in [0.15, 0.2) is 48.5 Å². The Kier molecular flexibility index (Phi) is 7.15. The Labute approximate surface area is 192 Å². The summed E-state index contributed by atoms with van der Waals surface area (Å²) >= 11 is 5.65. The van der Waals surface area contributed by atoms with Crippen LogP contribution in [-0.2, 0) is 0 Å². The first-order valence-electron chi connectivity index (χ1n) is 10.4. The van der Waals surface area contributed by atoms with E-state index in [1.54, 1.807) is 6.07 Å². The summed E-state index contributed by atoms with van der Waals surface area (Å²) < 4.78 is 16.8. The van der Waals surface area contributed by atoms with Gasteiger partial charge < -0.3 is 0 Å². The van der Waals surface area contributed by atoms with Crippen molar-refractivity contribution in [2.75, 3.05) is 3.11 Å². The number of hydrogen-bond acceptors (Lipinski definition) is 3. The molecule has 2 aromatic carbocycles. The normalized spacial score (nSPS) is 15.7. The van der Waals surface area contributed by atoms with Gasteiger partial charge in [-0.3, -0.25) is 0 Å². The average molecular weight is 541 g/mol. The molecular weight excluding hydrogens is 516 g/mol. The van der Waals surface area contributed by atoms with Gasteiger partial charge in [0, 0.05) is 0 Å². The number of aromatic hydroxyl groups is 1. The Balaban J connectivity index is 1.66. The minimum atomic E-state index is -0.771. The van der Waals surface area contributed by atoms with E-state index in [-0.39, 0.29) is 5.75 Å². The van der Waals surface area contributed by atoms with E-state index in [1.165, 1.54) is 57.1 Å². The summed E-state index contributed by atoms with van der Waals surface area (Å²) in [5, 5.41) is 18.5. The van der Waals surface area contributed by atoms with Crippen molar-refractivity contribution < 1.29 is 31.0 Å². The Morgan fingerprint density at radius 2 is 1.77 bits per heavy atom. The van der Waals surface area contributed by atoms with Crippen molar-refractivity contribution in [3.05, 3.63) is 68.6 Å². The topological polar surface area (TPSA) is 52.1 Å². The summed E-state index contributed by atoms with van der Waals surface area (Å²) in [6, 6.07) is 14.3. The molecule has 160 valence electrons. The number of nitrogens with one attached hydrogen (secondary N) is 1. The van der Waals surface area contributed by atoms with Crippen molar-refractivity contribution in [2.45, 2.75) is 50.9 Å². The number of aromatic nitrogens is 2. The Bertz CT molecular complexity index is 988. The molecule has 4 rings (SSSR count). The first-order chi connectivity index (χ1) is 14.6. The van der Waals surface area contributed by atoms with Gasteiger partial charge in [0.05, 0.1) is 0 Å². The third kappa shape index (κ3) is 5.09. The Morgan fingerprint density at radius 1 is 1.03 bits per heavy atom. The molecule has 4 nitrogen and oxygen atoms in total. The Hall–Kier alpha value is -1.80. The number of aromatic amines is 1. The molecule has 0 radical (unpaired) electrons. The molecule has 0 unspecified atom stereocenters. The monoisotopic (exact) mass is 540 g/mol. The van der Waals surface area contributed by atoms with Crippen molar-refractivity contribution in [3.63, 3.8) is 0 Å². The van der Waals surface area contributed by atoms with Crippen molar-refractivity contribution in [3.8, 4) is 5.75 Å². The summed E-state index contributed by atoms with van der Waals surface area (Å²) in [4.78, 5) is 0. The molecule has 7 heteroatoms. The third-order valence-electron chi connectivity index (χ3n) is 5.49. The van der Waals surface area contributed by atoms with Crippen molar-refractivity contribution in [1.82, 2.24) is 10.2 Å². The molecule has 1 fully saturated rings. The molecular formula is C23H25ClFIN3O-. The van der Waals surface area contributed by atoms with Crippen molar-refractivity contribution in [1.29, 1.82) is 0 Å². The fourth-order valence-corrected chi connectivity index (χ4v) is 6.57. The van der Waals surface area contributed by atoms with Gasteiger partial charge in [-0.05, 0) is 0 Å². The predicted molar refractivity (Wildman–Crippen MR) is 114 cm³/mol. The SMILES string of the molecule is Oc1cc(N([I-]c2ccccc2Cl)c2cc(C3CCCCCCC3)[nH]n2)ccc1F. The van der Waals surface area contributed by atoms with E-state index in [0.29, 0.717) is 16.6 Å². The van der Waals surface area contributed by atoms with Crippen LogP contribution in [0.3, 0.4) is 0 Å². The summed E-state index contributed by atoms with van der Waals surface area (Å²) in [6.07, 6.45) is 8.80. The number of anilines is 2. The molecule has 0 saturated heterocycles. The van der Waals surface area contributed by atoms with Gasteiger partial charge in [-0.15, -0.1) is 0 Å². The molecule has 1 aromatic heterocycles. The van der Waals surface area contributed by atoms with Gasteiger partial charge in [0.1, 0.15) is 0 Å². The zero-order valence-electron chi connectivity index (χ0n) is 16.6. The molecule has 1 saturated carbocycles. The number of benzene rings is 2.